The lowest BCUT2D eigenvalue weighted by Gasteiger charge is -1.99. The van der Waals surface area contributed by atoms with E-state index in [1.54, 1.807) is 12.1 Å². The summed E-state index contributed by atoms with van der Waals surface area (Å²) in [6.07, 6.45) is 2.65. The van der Waals surface area contributed by atoms with Crippen LogP contribution in [0.1, 0.15) is 16.7 Å². The summed E-state index contributed by atoms with van der Waals surface area (Å²) < 4.78 is 12.9. The Hall–Kier alpha value is -2.42. The van der Waals surface area contributed by atoms with Gasteiger partial charge in [-0.2, -0.15) is 0 Å². The molecule has 0 saturated carbocycles. The second kappa shape index (κ2) is 4.69. The van der Waals surface area contributed by atoms with Crippen LogP contribution in [-0.4, -0.2) is 10.9 Å². The number of fused-ring (bicyclic) bond motifs is 1. The van der Waals surface area contributed by atoms with Crippen molar-refractivity contribution in [1.29, 1.82) is 0 Å². The van der Waals surface area contributed by atoms with Gasteiger partial charge in [0.25, 0.3) is 0 Å². The van der Waals surface area contributed by atoms with Crippen LogP contribution in [0.25, 0.3) is 6.08 Å². The summed E-state index contributed by atoms with van der Waals surface area (Å²) in [5.74, 6) is -0.257. The molecule has 1 N–H and O–H groups in total. The Morgan fingerprint density at radius 2 is 1.79 bits per heavy atom. The lowest BCUT2D eigenvalue weighted by atomic mass is 10.1. The third kappa shape index (κ3) is 2.15. The van der Waals surface area contributed by atoms with Crippen LogP contribution in [0.4, 0.5) is 4.39 Å². The molecule has 0 aromatic heterocycles. The van der Waals surface area contributed by atoms with Crippen molar-refractivity contribution in [1.82, 2.24) is 0 Å². The number of benzene rings is 2. The summed E-state index contributed by atoms with van der Waals surface area (Å²) >= 11 is 0. The Morgan fingerprint density at radius 1 is 1.05 bits per heavy atom. The van der Waals surface area contributed by atoms with E-state index in [0.29, 0.717) is 5.71 Å². The molecule has 2 aromatic rings. The van der Waals surface area contributed by atoms with Gasteiger partial charge in [-0.1, -0.05) is 41.6 Å². The Morgan fingerprint density at radius 3 is 2.53 bits per heavy atom. The standard InChI is InChI=1S/C16H12FNO/c17-14-7-5-11(6-8-14)9-13-10-12-3-1-2-4-15(12)16(13)18-19/h1-9,19H,10H2/b13-9+,18-16?. The highest BCUT2D eigenvalue weighted by molar-refractivity contribution is 6.18. The van der Waals surface area contributed by atoms with Crippen molar-refractivity contribution in [3.63, 3.8) is 0 Å². The molecule has 1 aliphatic rings. The van der Waals surface area contributed by atoms with Gasteiger partial charge >= 0.3 is 0 Å². The zero-order valence-electron chi connectivity index (χ0n) is 10.2. The highest BCUT2D eigenvalue weighted by Gasteiger charge is 2.22. The fraction of sp³-hybridized carbons (Fsp3) is 0.0625. The van der Waals surface area contributed by atoms with Gasteiger partial charge in [0.1, 0.15) is 11.5 Å². The van der Waals surface area contributed by atoms with Crippen molar-refractivity contribution in [3.05, 3.63) is 76.6 Å². The normalized spacial score (nSPS) is 17.9. The number of allylic oxidation sites excluding steroid dienone is 1. The van der Waals surface area contributed by atoms with Gasteiger partial charge in [-0.25, -0.2) is 4.39 Å². The van der Waals surface area contributed by atoms with Crippen molar-refractivity contribution < 1.29 is 9.60 Å². The predicted molar refractivity (Wildman–Crippen MR) is 72.8 cm³/mol. The smallest absolute Gasteiger partial charge is 0.123 e. The Bertz CT molecular complexity index is 671. The van der Waals surface area contributed by atoms with Crippen molar-refractivity contribution in [2.45, 2.75) is 6.42 Å². The predicted octanol–water partition coefficient (Wildman–Crippen LogP) is 3.64. The third-order valence-corrected chi connectivity index (χ3v) is 3.27. The zero-order chi connectivity index (χ0) is 13.2. The lowest BCUT2D eigenvalue weighted by molar-refractivity contribution is 0.319. The van der Waals surface area contributed by atoms with E-state index in [1.165, 1.54) is 12.1 Å². The summed E-state index contributed by atoms with van der Waals surface area (Å²) in [7, 11) is 0. The van der Waals surface area contributed by atoms with Crippen LogP contribution in [0.3, 0.4) is 0 Å². The first-order valence-corrected chi connectivity index (χ1v) is 6.05. The van der Waals surface area contributed by atoms with E-state index < -0.39 is 0 Å². The van der Waals surface area contributed by atoms with Gasteiger partial charge < -0.3 is 5.21 Å². The Kier molecular flexibility index (Phi) is 2.88. The molecule has 94 valence electrons. The first kappa shape index (κ1) is 11.7. The molecule has 2 nitrogen and oxygen atoms in total. The number of rotatable bonds is 1. The van der Waals surface area contributed by atoms with Gasteiger partial charge in [-0.3, -0.25) is 0 Å². The van der Waals surface area contributed by atoms with Crippen LogP contribution in [0.5, 0.6) is 0 Å². The van der Waals surface area contributed by atoms with Crippen LogP contribution in [0, 0.1) is 5.82 Å². The molecule has 0 heterocycles. The third-order valence-electron chi connectivity index (χ3n) is 3.27. The molecule has 0 saturated heterocycles. The van der Waals surface area contributed by atoms with E-state index in [2.05, 4.69) is 5.16 Å². The number of halogens is 1. The first-order valence-electron chi connectivity index (χ1n) is 6.05. The quantitative estimate of drug-likeness (QED) is 0.610. The molecular formula is C16H12FNO. The van der Waals surface area contributed by atoms with Crippen LogP contribution in [-0.2, 0) is 6.42 Å². The van der Waals surface area contributed by atoms with Gasteiger partial charge in [-0.15, -0.1) is 0 Å². The topological polar surface area (TPSA) is 32.6 Å². The summed E-state index contributed by atoms with van der Waals surface area (Å²) in [4.78, 5) is 0. The van der Waals surface area contributed by atoms with Crippen LogP contribution < -0.4 is 0 Å². The second-order valence-electron chi connectivity index (χ2n) is 4.50. The van der Waals surface area contributed by atoms with E-state index in [9.17, 15) is 9.60 Å². The van der Waals surface area contributed by atoms with Gasteiger partial charge in [0, 0.05) is 12.0 Å². The van der Waals surface area contributed by atoms with E-state index in [4.69, 9.17) is 0 Å². The minimum Gasteiger partial charge on any atom is -0.410 e. The largest absolute Gasteiger partial charge is 0.410 e. The van der Waals surface area contributed by atoms with E-state index in [-0.39, 0.29) is 5.82 Å². The van der Waals surface area contributed by atoms with Crippen LogP contribution in [0.15, 0.2) is 59.3 Å². The summed E-state index contributed by atoms with van der Waals surface area (Å²) in [5, 5.41) is 12.6. The molecule has 0 radical (unpaired) electrons. The van der Waals surface area contributed by atoms with Gasteiger partial charge in [0.15, 0.2) is 0 Å². The molecule has 0 spiro atoms. The molecule has 3 rings (SSSR count). The van der Waals surface area contributed by atoms with E-state index in [1.807, 2.05) is 30.3 Å². The number of nitrogens with zero attached hydrogens (tertiary/aromatic N) is 1. The summed E-state index contributed by atoms with van der Waals surface area (Å²) in [6.45, 7) is 0. The average molecular weight is 253 g/mol. The molecule has 2 aromatic carbocycles. The van der Waals surface area contributed by atoms with E-state index >= 15 is 0 Å². The molecule has 1 aliphatic carbocycles. The molecule has 0 aliphatic heterocycles. The maximum atomic E-state index is 12.9. The summed E-state index contributed by atoms with van der Waals surface area (Å²) in [6, 6.07) is 14.1. The molecule has 0 bridgehead atoms. The average Bonchev–Trinajstić information content (AvgIpc) is 2.78. The molecule has 0 fully saturated rings. The first-order chi connectivity index (χ1) is 9.28. The molecule has 19 heavy (non-hydrogen) atoms. The van der Waals surface area contributed by atoms with Crippen LogP contribution in [0.2, 0.25) is 0 Å². The van der Waals surface area contributed by atoms with Gasteiger partial charge in [0.05, 0.1) is 0 Å². The minimum atomic E-state index is -0.257. The van der Waals surface area contributed by atoms with Crippen molar-refractivity contribution in [2.75, 3.05) is 0 Å². The highest BCUT2D eigenvalue weighted by atomic mass is 19.1. The SMILES string of the molecule is ON=C1/C(=C/c2ccc(F)cc2)Cc2ccccc21. The minimum absolute atomic E-state index is 0.257. The summed E-state index contributed by atoms with van der Waals surface area (Å²) in [5.41, 5.74) is 4.53. The lowest BCUT2D eigenvalue weighted by Crippen LogP contribution is -1.97. The zero-order valence-corrected chi connectivity index (χ0v) is 10.2. The maximum Gasteiger partial charge on any atom is 0.123 e. The molecule has 0 amide bonds. The van der Waals surface area contributed by atoms with Gasteiger partial charge in [-0.05, 0) is 34.9 Å². The van der Waals surface area contributed by atoms with Crippen molar-refractivity contribution >= 4 is 11.8 Å². The van der Waals surface area contributed by atoms with Crippen molar-refractivity contribution in [2.24, 2.45) is 5.16 Å². The fourth-order valence-electron chi connectivity index (χ4n) is 2.37. The van der Waals surface area contributed by atoms with Crippen molar-refractivity contribution in [3.8, 4) is 0 Å². The molecular weight excluding hydrogens is 241 g/mol. The molecule has 0 unspecified atom stereocenters. The number of oxime groups is 1. The highest BCUT2D eigenvalue weighted by Crippen LogP contribution is 2.28. The molecule has 0 atom stereocenters. The second-order valence-corrected chi connectivity index (χ2v) is 4.50. The maximum absolute atomic E-state index is 12.9. The Balaban J connectivity index is 2.02. The number of hydrogen-bond acceptors (Lipinski definition) is 2. The van der Waals surface area contributed by atoms with Crippen LogP contribution >= 0.6 is 0 Å². The monoisotopic (exact) mass is 253 g/mol. The number of hydrogen-bond donors (Lipinski definition) is 1. The van der Waals surface area contributed by atoms with Gasteiger partial charge in [0.2, 0.25) is 0 Å². The fourth-order valence-corrected chi connectivity index (χ4v) is 2.37. The molecule has 3 heteroatoms. The van der Waals surface area contributed by atoms with E-state index in [0.717, 1.165) is 28.7 Å². The Labute approximate surface area is 110 Å².